The number of nitrogens with one attached hydrogen (secondary N) is 2. The molecule has 0 radical (unpaired) electrons. The van der Waals surface area contributed by atoms with E-state index in [0.29, 0.717) is 24.5 Å². The van der Waals surface area contributed by atoms with Gasteiger partial charge in [-0.05, 0) is 32.4 Å². The molecule has 0 saturated carbocycles. The number of hydrogen-bond donors (Lipinski definition) is 2. The van der Waals surface area contributed by atoms with Gasteiger partial charge in [-0.15, -0.1) is 11.3 Å². The highest BCUT2D eigenvalue weighted by molar-refractivity contribution is 7.13. The third-order valence-corrected chi connectivity index (χ3v) is 5.31. The Morgan fingerprint density at radius 1 is 1.35 bits per heavy atom. The van der Waals surface area contributed by atoms with E-state index in [1.807, 2.05) is 5.38 Å². The number of amides is 2. The van der Waals surface area contributed by atoms with Gasteiger partial charge in [-0.1, -0.05) is 12.8 Å². The molecular formula is C16H24N4O2S. The summed E-state index contributed by atoms with van der Waals surface area (Å²) in [5.74, 6) is -0.158. The summed E-state index contributed by atoms with van der Waals surface area (Å²) in [4.78, 5) is 30.4. The Balaban J connectivity index is 1.50. The number of nitrogens with zero attached hydrogens (tertiary/aromatic N) is 2. The summed E-state index contributed by atoms with van der Waals surface area (Å²) in [5, 5.41) is 8.33. The molecule has 0 spiro atoms. The third kappa shape index (κ3) is 4.75. The molecule has 1 atom stereocenters. The van der Waals surface area contributed by atoms with Crippen molar-refractivity contribution in [1.29, 1.82) is 0 Å². The summed E-state index contributed by atoms with van der Waals surface area (Å²) in [7, 11) is 0. The van der Waals surface area contributed by atoms with Crippen LogP contribution in [0.15, 0.2) is 5.38 Å². The number of piperidine rings is 1. The lowest BCUT2D eigenvalue weighted by Gasteiger charge is -2.20. The van der Waals surface area contributed by atoms with Crippen LogP contribution in [-0.2, 0) is 16.1 Å². The summed E-state index contributed by atoms with van der Waals surface area (Å²) in [6.07, 6.45) is 6.22. The number of thiazole rings is 1. The van der Waals surface area contributed by atoms with Gasteiger partial charge in [0, 0.05) is 24.9 Å². The lowest BCUT2D eigenvalue weighted by atomic mass is 9.98. The molecule has 2 aliphatic heterocycles. The van der Waals surface area contributed by atoms with Crippen molar-refractivity contribution >= 4 is 28.3 Å². The minimum atomic E-state index is -0.148. The molecule has 2 fully saturated rings. The van der Waals surface area contributed by atoms with Crippen LogP contribution in [0.3, 0.4) is 0 Å². The topological polar surface area (TPSA) is 74.3 Å². The SMILES string of the molecule is O=C1CCC(C(=O)Nc2nc(CN3CCCCCC3)cs2)CN1. The van der Waals surface area contributed by atoms with Gasteiger partial charge in [0.15, 0.2) is 5.13 Å². The van der Waals surface area contributed by atoms with Crippen molar-refractivity contribution in [2.75, 3.05) is 25.0 Å². The van der Waals surface area contributed by atoms with Crippen LogP contribution in [-0.4, -0.2) is 41.3 Å². The highest BCUT2D eigenvalue weighted by atomic mass is 32.1. The molecule has 1 aromatic heterocycles. The van der Waals surface area contributed by atoms with Gasteiger partial charge in [-0.2, -0.15) is 0 Å². The number of anilines is 1. The van der Waals surface area contributed by atoms with Crippen molar-refractivity contribution in [2.45, 2.75) is 45.1 Å². The van der Waals surface area contributed by atoms with E-state index in [-0.39, 0.29) is 17.7 Å². The van der Waals surface area contributed by atoms with Gasteiger partial charge in [0.2, 0.25) is 11.8 Å². The summed E-state index contributed by atoms with van der Waals surface area (Å²) >= 11 is 1.48. The van der Waals surface area contributed by atoms with Gasteiger partial charge in [0.25, 0.3) is 0 Å². The lowest BCUT2D eigenvalue weighted by Crippen LogP contribution is -2.40. The van der Waals surface area contributed by atoms with E-state index in [9.17, 15) is 9.59 Å². The highest BCUT2D eigenvalue weighted by Gasteiger charge is 2.25. The lowest BCUT2D eigenvalue weighted by molar-refractivity contribution is -0.126. The molecule has 0 bridgehead atoms. The first-order chi connectivity index (χ1) is 11.2. The zero-order valence-corrected chi connectivity index (χ0v) is 14.2. The first kappa shape index (κ1) is 16.4. The highest BCUT2D eigenvalue weighted by Crippen LogP contribution is 2.20. The van der Waals surface area contributed by atoms with E-state index in [0.717, 1.165) is 25.3 Å². The fourth-order valence-corrected chi connectivity index (χ4v) is 3.83. The molecule has 6 nitrogen and oxygen atoms in total. The van der Waals surface area contributed by atoms with Crippen LogP contribution in [0.25, 0.3) is 0 Å². The normalized spacial score (nSPS) is 23.1. The Bertz CT molecular complexity index is 542. The summed E-state index contributed by atoms with van der Waals surface area (Å²) in [6.45, 7) is 3.57. The van der Waals surface area contributed by atoms with E-state index < -0.39 is 0 Å². The molecule has 0 aromatic carbocycles. The number of rotatable bonds is 4. The largest absolute Gasteiger partial charge is 0.355 e. The average Bonchev–Trinajstić information content (AvgIpc) is 2.81. The van der Waals surface area contributed by atoms with Crippen LogP contribution in [0.5, 0.6) is 0 Å². The number of aromatic nitrogens is 1. The Hall–Kier alpha value is -1.47. The number of hydrogen-bond acceptors (Lipinski definition) is 5. The number of carbonyl (C=O) groups excluding carboxylic acids is 2. The van der Waals surface area contributed by atoms with Gasteiger partial charge in [-0.3, -0.25) is 14.5 Å². The molecule has 3 heterocycles. The zero-order chi connectivity index (χ0) is 16.1. The van der Waals surface area contributed by atoms with Gasteiger partial charge in [0.05, 0.1) is 11.6 Å². The van der Waals surface area contributed by atoms with E-state index in [2.05, 4.69) is 20.5 Å². The molecule has 7 heteroatoms. The number of likely N-dealkylation sites (tertiary alicyclic amines) is 1. The van der Waals surface area contributed by atoms with Crippen LogP contribution in [0.1, 0.15) is 44.2 Å². The standard InChI is InChI=1S/C16H24N4O2S/c21-14-6-5-12(9-17-14)15(22)19-16-18-13(11-23-16)10-20-7-3-1-2-4-8-20/h11-12H,1-10H2,(H,17,21)(H,18,19,22). The van der Waals surface area contributed by atoms with Crippen LogP contribution in [0.2, 0.25) is 0 Å². The van der Waals surface area contributed by atoms with Gasteiger partial charge in [-0.25, -0.2) is 4.98 Å². The van der Waals surface area contributed by atoms with Crippen molar-refractivity contribution < 1.29 is 9.59 Å². The Morgan fingerprint density at radius 3 is 2.83 bits per heavy atom. The molecule has 2 aliphatic rings. The second-order valence-corrected chi connectivity index (χ2v) is 7.22. The van der Waals surface area contributed by atoms with Crippen molar-refractivity contribution in [3.05, 3.63) is 11.1 Å². The third-order valence-electron chi connectivity index (χ3n) is 4.50. The van der Waals surface area contributed by atoms with Crippen LogP contribution < -0.4 is 10.6 Å². The Labute approximate surface area is 140 Å². The summed E-state index contributed by atoms with van der Waals surface area (Å²) in [6, 6.07) is 0. The fourth-order valence-electron chi connectivity index (χ4n) is 3.12. The second-order valence-electron chi connectivity index (χ2n) is 6.36. The smallest absolute Gasteiger partial charge is 0.231 e. The summed E-state index contributed by atoms with van der Waals surface area (Å²) < 4.78 is 0. The van der Waals surface area contributed by atoms with E-state index in [4.69, 9.17) is 0 Å². The first-order valence-corrected chi connectivity index (χ1v) is 9.33. The first-order valence-electron chi connectivity index (χ1n) is 8.45. The van der Waals surface area contributed by atoms with Crippen LogP contribution in [0.4, 0.5) is 5.13 Å². The average molecular weight is 336 g/mol. The molecule has 2 saturated heterocycles. The van der Waals surface area contributed by atoms with Crippen LogP contribution in [0, 0.1) is 5.92 Å². The maximum atomic E-state index is 12.2. The quantitative estimate of drug-likeness (QED) is 0.882. The molecule has 1 aromatic rings. The van der Waals surface area contributed by atoms with Gasteiger partial charge < -0.3 is 10.6 Å². The predicted octanol–water partition coefficient (Wildman–Crippen LogP) is 1.98. The van der Waals surface area contributed by atoms with Crippen molar-refractivity contribution in [2.24, 2.45) is 5.92 Å². The van der Waals surface area contributed by atoms with Crippen LogP contribution >= 0.6 is 11.3 Å². The zero-order valence-electron chi connectivity index (χ0n) is 13.3. The minimum Gasteiger partial charge on any atom is -0.355 e. The maximum Gasteiger partial charge on any atom is 0.231 e. The monoisotopic (exact) mass is 336 g/mol. The summed E-state index contributed by atoms with van der Waals surface area (Å²) in [5.41, 5.74) is 1.03. The molecular weight excluding hydrogens is 312 g/mol. The molecule has 0 aliphatic carbocycles. The Morgan fingerprint density at radius 2 is 2.13 bits per heavy atom. The molecule has 23 heavy (non-hydrogen) atoms. The molecule has 3 rings (SSSR count). The van der Waals surface area contributed by atoms with E-state index in [1.54, 1.807) is 0 Å². The van der Waals surface area contributed by atoms with Crippen molar-refractivity contribution in [1.82, 2.24) is 15.2 Å². The molecule has 126 valence electrons. The van der Waals surface area contributed by atoms with Crippen molar-refractivity contribution in [3.63, 3.8) is 0 Å². The van der Waals surface area contributed by atoms with Crippen molar-refractivity contribution in [3.8, 4) is 0 Å². The maximum absolute atomic E-state index is 12.2. The van der Waals surface area contributed by atoms with Gasteiger partial charge >= 0.3 is 0 Å². The molecule has 2 amide bonds. The van der Waals surface area contributed by atoms with E-state index >= 15 is 0 Å². The Kier molecular flexibility index (Phi) is 5.61. The van der Waals surface area contributed by atoms with E-state index in [1.165, 1.54) is 37.0 Å². The molecule has 2 N–H and O–H groups in total. The van der Waals surface area contributed by atoms with Gasteiger partial charge in [0.1, 0.15) is 0 Å². The second kappa shape index (κ2) is 7.88. The fraction of sp³-hybridized carbons (Fsp3) is 0.688. The number of carbonyl (C=O) groups is 2. The molecule has 1 unspecified atom stereocenters. The minimum absolute atomic E-state index is 0.0306. The predicted molar refractivity (Wildman–Crippen MR) is 90.2 cm³/mol.